The highest BCUT2D eigenvalue weighted by molar-refractivity contribution is 6.17. The van der Waals surface area contributed by atoms with Crippen LogP contribution in [0.15, 0.2) is 72.8 Å². The standard InChI is InChI=1S/C21H18N2O2/c22-15-7-5-6-14(12-15)13-20(24)16-8-1-2-9-17(16)21(25)18-10-3-4-11-19(18)23/h1-12H,13,22-23H2. The van der Waals surface area contributed by atoms with Crippen molar-refractivity contribution in [2.45, 2.75) is 6.42 Å². The lowest BCUT2D eigenvalue weighted by molar-refractivity contribution is 0.0975. The van der Waals surface area contributed by atoms with Crippen LogP contribution in [0.5, 0.6) is 0 Å². The van der Waals surface area contributed by atoms with Gasteiger partial charge in [-0.1, -0.05) is 48.5 Å². The van der Waals surface area contributed by atoms with Crippen LogP contribution in [-0.2, 0) is 6.42 Å². The molecule has 3 aromatic carbocycles. The van der Waals surface area contributed by atoms with Gasteiger partial charge in [-0.15, -0.1) is 0 Å². The van der Waals surface area contributed by atoms with Crippen LogP contribution in [-0.4, -0.2) is 11.6 Å². The van der Waals surface area contributed by atoms with E-state index in [4.69, 9.17) is 11.5 Å². The van der Waals surface area contributed by atoms with Crippen molar-refractivity contribution in [2.24, 2.45) is 0 Å². The quantitative estimate of drug-likeness (QED) is 0.554. The molecule has 0 aliphatic carbocycles. The molecule has 0 aromatic heterocycles. The first-order chi connectivity index (χ1) is 12.1. The largest absolute Gasteiger partial charge is 0.399 e. The molecule has 25 heavy (non-hydrogen) atoms. The molecule has 0 bridgehead atoms. The zero-order valence-electron chi connectivity index (χ0n) is 13.6. The Balaban J connectivity index is 1.94. The molecule has 0 aliphatic heterocycles. The molecule has 4 heteroatoms. The molecule has 0 radical (unpaired) electrons. The highest BCUT2D eigenvalue weighted by Crippen LogP contribution is 2.21. The summed E-state index contributed by atoms with van der Waals surface area (Å²) in [4.78, 5) is 25.6. The molecule has 4 N–H and O–H groups in total. The molecular weight excluding hydrogens is 312 g/mol. The Kier molecular flexibility index (Phi) is 4.61. The van der Waals surface area contributed by atoms with Crippen LogP contribution < -0.4 is 11.5 Å². The van der Waals surface area contributed by atoms with E-state index in [1.165, 1.54) is 0 Å². The van der Waals surface area contributed by atoms with Crippen molar-refractivity contribution in [3.63, 3.8) is 0 Å². The van der Waals surface area contributed by atoms with Gasteiger partial charge in [0, 0.05) is 34.5 Å². The fourth-order valence-corrected chi connectivity index (χ4v) is 2.76. The summed E-state index contributed by atoms with van der Waals surface area (Å²) < 4.78 is 0. The van der Waals surface area contributed by atoms with Crippen LogP contribution in [0.2, 0.25) is 0 Å². The molecule has 0 atom stereocenters. The van der Waals surface area contributed by atoms with Crippen LogP contribution in [0, 0.1) is 0 Å². The van der Waals surface area contributed by atoms with Gasteiger partial charge in [-0.2, -0.15) is 0 Å². The molecule has 0 heterocycles. The first-order valence-electron chi connectivity index (χ1n) is 7.92. The molecule has 0 amide bonds. The molecule has 0 aliphatic rings. The lowest BCUT2D eigenvalue weighted by Gasteiger charge is -2.10. The summed E-state index contributed by atoms with van der Waals surface area (Å²) in [6.07, 6.45) is 0.180. The third-order valence-corrected chi connectivity index (χ3v) is 3.99. The Morgan fingerprint density at radius 2 is 1.36 bits per heavy atom. The Hall–Kier alpha value is -3.40. The Morgan fingerprint density at radius 1 is 0.720 bits per heavy atom. The zero-order chi connectivity index (χ0) is 17.8. The van der Waals surface area contributed by atoms with E-state index in [1.54, 1.807) is 66.7 Å². The van der Waals surface area contributed by atoms with E-state index in [1.807, 2.05) is 6.07 Å². The highest BCUT2D eigenvalue weighted by Gasteiger charge is 2.19. The number of hydrogen-bond acceptors (Lipinski definition) is 4. The highest BCUT2D eigenvalue weighted by atomic mass is 16.1. The van der Waals surface area contributed by atoms with Gasteiger partial charge in [0.2, 0.25) is 0 Å². The van der Waals surface area contributed by atoms with E-state index < -0.39 is 0 Å². The number of nitrogens with two attached hydrogens (primary N) is 2. The van der Waals surface area contributed by atoms with E-state index in [0.717, 1.165) is 5.56 Å². The van der Waals surface area contributed by atoms with Crippen molar-refractivity contribution >= 4 is 22.9 Å². The number of ketones is 2. The Bertz CT molecular complexity index is 948. The fourth-order valence-electron chi connectivity index (χ4n) is 2.76. The minimum atomic E-state index is -0.255. The summed E-state index contributed by atoms with van der Waals surface area (Å²) in [6.45, 7) is 0. The summed E-state index contributed by atoms with van der Waals surface area (Å²) in [7, 11) is 0. The number of para-hydroxylation sites is 1. The van der Waals surface area contributed by atoms with Gasteiger partial charge in [-0.25, -0.2) is 0 Å². The molecule has 3 rings (SSSR count). The molecule has 124 valence electrons. The van der Waals surface area contributed by atoms with E-state index in [9.17, 15) is 9.59 Å². The Morgan fingerprint density at radius 3 is 2.04 bits per heavy atom. The van der Waals surface area contributed by atoms with Gasteiger partial charge in [0.05, 0.1) is 0 Å². The zero-order valence-corrected chi connectivity index (χ0v) is 13.6. The van der Waals surface area contributed by atoms with Gasteiger partial charge in [-0.05, 0) is 29.8 Å². The second-order valence-electron chi connectivity index (χ2n) is 5.81. The predicted molar refractivity (Wildman–Crippen MR) is 99.6 cm³/mol. The molecule has 4 nitrogen and oxygen atoms in total. The van der Waals surface area contributed by atoms with E-state index >= 15 is 0 Å². The number of carbonyl (C=O) groups excluding carboxylic acids is 2. The second-order valence-corrected chi connectivity index (χ2v) is 5.81. The number of nitrogen functional groups attached to an aromatic ring is 2. The molecular formula is C21H18N2O2. The van der Waals surface area contributed by atoms with Crippen molar-refractivity contribution in [3.8, 4) is 0 Å². The van der Waals surface area contributed by atoms with Crippen molar-refractivity contribution in [1.29, 1.82) is 0 Å². The molecule has 0 saturated carbocycles. The topological polar surface area (TPSA) is 86.2 Å². The maximum absolute atomic E-state index is 12.8. The van der Waals surface area contributed by atoms with Crippen molar-refractivity contribution in [2.75, 3.05) is 11.5 Å². The van der Waals surface area contributed by atoms with Crippen LogP contribution in [0.3, 0.4) is 0 Å². The molecule has 0 saturated heterocycles. The first kappa shape index (κ1) is 16.5. The van der Waals surface area contributed by atoms with Crippen LogP contribution >= 0.6 is 0 Å². The van der Waals surface area contributed by atoms with Gasteiger partial charge >= 0.3 is 0 Å². The van der Waals surface area contributed by atoms with Gasteiger partial charge in [0.25, 0.3) is 0 Å². The number of carbonyl (C=O) groups is 2. The number of rotatable bonds is 5. The number of benzene rings is 3. The van der Waals surface area contributed by atoms with Crippen molar-refractivity contribution in [3.05, 3.63) is 95.1 Å². The van der Waals surface area contributed by atoms with E-state index in [-0.39, 0.29) is 18.0 Å². The normalized spacial score (nSPS) is 10.4. The second kappa shape index (κ2) is 7.01. The SMILES string of the molecule is Nc1cccc(CC(=O)c2ccccc2C(=O)c2ccccc2N)c1. The predicted octanol–water partition coefficient (Wildman–Crippen LogP) is 3.51. The monoisotopic (exact) mass is 330 g/mol. The molecule has 3 aromatic rings. The lowest BCUT2D eigenvalue weighted by Crippen LogP contribution is -2.13. The average molecular weight is 330 g/mol. The third-order valence-electron chi connectivity index (χ3n) is 3.99. The van der Waals surface area contributed by atoms with Crippen LogP contribution in [0.4, 0.5) is 11.4 Å². The minimum Gasteiger partial charge on any atom is -0.399 e. The maximum Gasteiger partial charge on any atom is 0.195 e. The summed E-state index contributed by atoms with van der Waals surface area (Å²) in [5.41, 5.74) is 14.6. The fraction of sp³-hybridized carbons (Fsp3) is 0.0476. The molecule has 0 fully saturated rings. The van der Waals surface area contributed by atoms with Crippen molar-refractivity contribution in [1.82, 2.24) is 0 Å². The molecule has 0 unspecified atom stereocenters. The summed E-state index contributed by atoms with van der Waals surface area (Å²) >= 11 is 0. The first-order valence-corrected chi connectivity index (χ1v) is 7.92. The minimum absolute atomic E-state index is 0.135. The summed E-state index contributed by atoms with van der Waals surface area (Å²) in [5.74, 6) is -0.390. The lowest BCUT2D eigenvalue weighted by atomic mass is 9.93. The number of Topliss-reactive ketones (excluding diaryl/α,β-unsaturated/α-hetero) is 1. The van der Waals surface area contributed by atoms with Gasteiger partial charge in [-0.3, -0.25) is 9.59 Å². The average Bonchev–Trinajstić information content (AvgIpc) is 2.61. The van der Waals surface area contributed by atoms with Crippen LogP contribution in [0.25, 0.3) is 0 Å². The van der Waals surface area contributed by atoms with Gasteiger partial charge < -0.3 is 11.5 Å². The molecule has 0 spiro atoms. The summed E-state index contributed by atoms with van der Waals surface area (Å²) in [5, 5.41) is 0. The van der Waals surface area contributed by atoms with E-state index in [2.05, 4.69) is 0 Å². The maximum atomic E-state index is 12.8. The van der Waals surface area contributed by atoms with E-state index in [0.29, 0.717) is 28.1 Å². The van der Waals surface area contributed by atoms with Crippen LogP contribution in [0.1, 0.15) is 31.8 Å². The third kappa shape index (κ3) is 3.58. The number of anilines is 2. The smallest absolute Gasteiger partial charge is 0.195 e. The van der Waals surface area contributed by atoms with Crippen molar-refractivity contribution < 1.29 is 9.59 Å². The number of hydrogen-bond donors (Lipinski definition) is 2. The summed E-state index contributed by atoms with van der Waals surface area (Å²) in [6, 6.07) is 20.8. The van der Waals surface area contributed by atoms with Gasteiger partial charge in [0.15, 0.2) is 11.6 Å². The Labute approximate surface area is 146 Å². The van der Waals surface area contributed by atoms with Gasteiger partial charge in [0.1, 0.15) is 0 Å².